The first-order valence-corrected chi connectivity index (χ1v) is 9.05. The molecule has 148 valence electrons. The minimum absolute atomic E-state index is 0.188. The molecule has 0 unspecified atom stereocenters. The summed E-state index contributed by atoms with van der Waals surface area (Å²) in [5.74, 6) is -1.48. The van der Waals surface area contributed by atoms with Gasteiger partial charge in [-0.1, -0.05) is 6.07 Å². The third kappa shape index (κ3) is 4.51. The Morgan fingerprint density at radius 3 is 2.82 bits per heavy atom. The van der Waals surface area contributed by atoms with E-state index >= 15 is 0 Å². The number of aliphatic carboxylic acids is 1. The summed E-state index contributed by atoms with van der Waals surface area (Å²) >= 11 is 0. The second-order valence-corrected chi connectivity index (χ2v) is 6.66. The van der Waals surface area contributed by atoms with Crippen LogP contribution in [-0.4, -0.2) is 47.0 Å². The summed E-state index contributed by atoms with van der Waals surface area (Å²) in [6, 6.07) is 9.47. The fraction of sp³-hybridized carbons (Fsp3) is 0.350. The van der Waals surface area contributed by atoms with E-state index in [1.807, 2.05) is 0 Å². The average Bonchev–Trinajstić information content (AvgIpc) is 3.21. The van der Waals surface area contributed by atoms with Crippen molar-refractivity contribution in [3.05, 3.63) is 48.4 Å². The predicted octanol–water partition coefficient (Wildman–Crippen LogP) is 2.62. The van der Waals surface area contributed by atoms with Crippen molar-refractivity contribution in [1.29, 1.82) is 0 Å². The largest absolute Gasteiger partial charge is 0.484 e. The van der Waals surface area contributed by atoms with Crippen molar-refractivity contribution in [3.8, 4) is 5.75 Å². The zero-order valence-corrected chi connectivity index (χ0v) is 15.5. The SMILES string of the molecule is C[C@@H]1[C@H](C(=O)O)CCCN1C(=O)COc1cccc(NC(=O)c2ccco2)c1. The number of ether oxygens (including phenoxy) is 1. The van der Waals surface area contributed by atoms with E-state index in [1.54, 1.807) is 48.2 Å². The third-order valence-electron chi connectivity index (χ3n) is 4.82. The van der Waals surface area contributed by atoms with Crippen LogP contribution in [0, 0.1) is 5.92 Å². The lowest BCUT2D eigenvalue weighted by Crippen LogP contribution is -2.50. The first-order chi connectivity index (χ1) is 13.5. The van der Waals surface area contributed by atoms with Gasteiger partial charge in [-0.05, 0) is 44.0 Å². The maximum absolute atomic E-state index is 12.5. The van der Waals surface area contributed by atoms with E-state index in [1.165, 1.54) is 6.26 Å². The van der Waals surface area contributed by atoms with Gasteiger partial charge >= 0.3 is 5.97 Å². The van der Waals surface area contributed by atoms with E-state index in [0.29, 0.717) is 30.8 Å². The summed E-state index contributed by atoms with van der Waals surface area (Å²) in [4.78, 5) is 37.4. The van der Waals surface area contributed by atoms with Crippen LogP contribution < -0.4 is 10.1 Å². The Morgan fingerprint density at radius 1 is 1.29 bits per heavy atom. The highest BCUT2D eigenvalue weighted by Crippen LogP contribution is 2.24. The van der Waals surface area contributed by atoms with E-state index < -0.39 is 11.9 Å². The molecular weight excluding hydrogens is 364 g/mol. The van der Waals surface area contributed by atoms with Crippen molar-refractivity contribution >= 4 is 23.5 Å². The number of hydrogen-bond acceptors (Lipinski definition) is 5. The summed E-state index contributed by atoms with van der Waals surface area (Å²) in [5, 5.41) is 12.0. The molecule has 8 nitrogen and oxygen atoms in total. The molecule has 0 bridgehead atoms. The lowest BCUT2D eigenvalue weighted by Gasteiger charge is -2.37. The molecule has 8 heteroatoms. The molecule has 3 rings (SSSR count). The Morgan fingerprint density at radius 2 is 2.11 bits per heavy atom. The smallest absolute Gasteiger partial charge is 0.308 e. The highest BCUT2D eigenvalue weighted by atomic mass is 16.5. The van der Waals surface area contributed by atoms with Gasteiger partial charge in [0.15, 0.2) is 12.4 Å². The van der Waals surface area contributed by atoms with Crippen LogP contribution >= 0.6 is 0 Å². The second-order valence-electron chi connectivity index (χ2n) is 6.66. The molecule has 2 heterocycles. The number of hydrogen-bond donors (Lipinski definition) is 2. The highest BCUT2D eigenvalue weighted by molar-refractivity contribution is 6.02. The quantitative estimate of drug-likeness (QED) is 0.790. The van der Waals surface area contributed by atoms with Crippen LogP contribution in [0.3, 0.4) is 0 Å². The molecule has 1 aliphatic heterocycles. The number of furan rings is 1. The molecule has 0 saturated carbocycles. The summed E-state index contributed by atoms with van der Waals surface area (Å²) < 4.78 is 10.6. The van der Waals surface area contributed by atoms with Gasteiger partial charge in [-0.3, -0.25) is 14.4 Å². The van der Waals surface area contributed by atoms with Crippen molar-refractivity contribution in [2.24, 2.45) is 5.92 Å². The Hall–Kier alpha value is -3.29. The average molecular weight is 386 g/mol. The molecule has 1 fully saturated rings. The van der Waals surface area contributed by atoms with Crippen LogP contribution in [-0.2, 0) is 9.59 Å². The van der Waals surface area contributed by atoms with Crippen molar-refractivity contribution in [2.75, 3.05) is 18.5 Å². The van der Waals surface area contributed by atoms with Gasteiger partial charge in [-0.15, -0.1) is 0 Å². The van der Waals surface area contributed by atoms with Gasteiger partial charge in [0.2, 0.25) is 0 Å². The number of nitrogens with one attached hydrogen (secondary N) is 1. The normalized spacial score (nSPS) is 19.1. The van der Waals surface area contributed by atoms with Gasteiger partial charge in [0, 0.05) is 24.3 Å². The molecule has 1 aliphatic rings. The van der Waals surface area contributed by atoms with E-state index in [0.717, 1.165) is 0 Å². The fourth-order valence-corrected chi connectivity index (χ4v) is 3.32. The summed E-state index contributed by atoms with van der Waals surface area (Å²) in [6.45, 7) is 2.07. The minimum Gasteiger partial charge on any atom is -0.484 e. The number of anilines is 1. The molecule has 2 aromatic rings. The molecule has 0 aliphatic carbocycles. The van der Waals surface area contributed by atoms with Crippen molar-refractivity contribution in [3.63, 3.8) is 0 Å². The number of carbonyl (C=O) groups is 3. The summed E-state index contributed by atoms with van der Waals surface area (Å²) in [6.07, 6.45) is 2.64. The molecule has 1 aromatic heterocycles. The van der Waals surface area contributed by atoms with Crippen LogP contribution in [0.5, 0.6) is 5.75 Å². The number of carboxylic acids is 1. The maximum Gasteiger partial charge on any atom is 0.308 e. The number of rotatable bonds is 6. The predicted molar refractivity (Wildman–Crippen MR) is 100 cm³/mol. The molecule has 0 spiro atoms. The number of likely N-dealkylation sites (tertiary alicyclic amines) is 1. The fourth-order valence-electron chi connectivity index (χ4n) is 3.32. The molecule has 1 saturated heterocycles. The first-order valence-electron chi connectivity index (χ1n) is 9.05. The van der Waals surface area contributed by atoms with E-state index in [2.05, 4.69) is 5.32 Å². The van der Waals surface area contributed by atoms with Gasteiger partial charge in [0.05, 0.1) is 12.2 Å². The number of nitrogens with zero attached hydrogens (tertiary/aromatic N) is 1. The molecule has 1 aromatic carbocycles. The lowest BCUT2D eigenvalue weighted by atomic mass is 9.90. The van der Waals surface area contributed by atoms with Crippen LogP contribution in [0.2, 0.25) is 0 Å². The molecule has 28 heavy (non-hydrogen) atoms. The zero-order chi connectivity index (χ0) is 20.1. The highest BCUT2D eigenvalue weighted by Gasteiger charge is 2.35. The van der Waals surface area contributed by atoms with Gasteiger partial charge in [0.1, 0.15) is 5.75 Å². The summed E-state index contributed by atoms with van der Waals surface area (Å²) in [5.41, 5.74) is 0.503. The van der Waals surface area contributed by atoms with Gasteiger partial charge in [0.25, 0.3) is 11.8 Å². The van der Waals surface area contributed by atoms with Crippen LogP contribution in [0.4, 0.5) is 5.69 Å². The summed E-state index contributed by atoms with van der Waals surface area (Å²) in [7, 11) is 0. The van der Waals surface area contributed by atoms with Gasteiger partial charge in [-0.25, -0.2) is 0 Å². The molecule has 2 amide bonds. The minimum atomic E-state index is -0.883. The van der Waals surface area contributed by atoms with Gasteiger partial charge in [-0.2, -0.15) is 0 Å². The third-order valence-corrected chi connectivity index (χ3v) is 4.82. The van der Waals surface area contributed by atoms with E-state index in [-0.39, 0.29) is 30.2 Å². The Labute approximate surface area is 162 Å². The number of amides is 2. The zero-order valence-electron chi connectivity index (χ0n) is 15.5. The van der Waals surface area contributed by atoms with Crippen molar-refractivity contribution in [1.82, 2.24) is 4.90 Å². The van der Waals surface area contributed by atoms with Crippen molar-refractivity contribution in [2.45, 2.75) is 25.8 Å². The second kappa shape index (κ2) is 8.60. The number of carboxylic acid groups (broad SMARTS) is 1. The van der Waals surface area contributed by atoms with Crippen LogP contribution in [0.25, 0.3) is 0 Å². The monoisotopic (exact) mass is 386 g/mol. The topological polar surface area (TPSA) is 109 Å². The van der Waals surface area contributed by atoms with Crippen molar-refractivity contribution < 1.29 is 28.6 Å². The van der Waals surface area contributed by atoms with Crippen LogP contribution in [0.15, 0.2) is 47.1 Å². The van der Waals surface area contributed by atoms with E-state index in [9.17, 15) is 19.5 Å². The molecule has 0 radical (unpaired) electrons. The molecule has 2 atom stereocenters. The van der Waals surface area contributed by atoms with E-state index in [4.69, 9.17) is 9.15 Å². The maximum atomic E-state index is 12.5. The number of benzene rings is 1. The van der Waals surface area contributed by atoms with Crippen LogP contribution in [0.1, 0.15) is 30.3 Å². The Balaban J connectivity index is 1.58. The first kappa shape index (κ1) is 19.5. The Kier molecular flexibility index (Phi) is 5.98. The van der Waals surface area contributed by atoms with Gasteiger partial charge < -0.3 is 24.5 Å². The molecular formula is C20H22N2O6. The molecule has 2 N–H and O–H groups in total. The lowest BCUT2D eigenvalue weighted by molar-refractivity contribution is -0.149. The number of carbonyl (C=O) groups excluding carboxylic acids is 2. The standard InChI is InChI=1S/C20H22N2O6/c1-13-16(20(25)26)7-3-9-22(13)18(23)12-28-15-6-2-5-14(11-15)21-19(24)17-8-4-10-27-17/h2,4-6,8,10-11,13,16H,3,7,9,12H2,1H3,(H,21,24)(H,25,26)/t13-,16-/m1/s1. The Bertz CT molecular complexity index is 848. The number of piperidine rings is 1.